The van der Waals surface area contributed by atoms with Crippen LogP contribution >= 0.6 is 0 Å². The van der Waals surface area contributed by atoms with Crippen LogP contribution in [0.25, 0.3) is 32.9 Å². The molecule has 0 spiro atoms. The third-order valence-corrected chi connectivity index (χ3v) is 11.6. The van der Waals surface area contributed by atoms with Gasteiger partial charge in [-0.2, -0.15) is 9.97 Å². The lowest BCUT2D eigenvalue weighted by Crippen LogP contribution is -2.51. The van der Waals surface area contributed by atoms with E-state index < -0.39 is 23.3 Å². The summed E-state index contributed by atoms with van der Waals surface area (Å²) in [4.78, 5) is 18.8. The standard InChI is InChI=1S/C40H39F3N6O3/c1-2-29-31(42)8-5-24-16-28(50)17-30(33(24)29)36-35(43)37-34(32(45-36)9-4-23-10-14-51-15-11-23)38(48-20-26-6-7-27(21-48)44-26)47-39(46-37)52-22-40-12-3-13-49(40)19-25(41)18-40/h1,5,8,16-17,23,25-27,44,50H,3,6-7,10-15,18-22H2/t25-,26?,27?,40+/m1/s1. The SMILES string of the molecule is C#Cc1c(F)ccc2cc(O)cc(-c3nc(C#CC4CCOCC4)c4c(N5CC6CCC(C5)N6)nc(OC[C@@]56CCCN5C[C@H](F)C6)nc4c3F)c12. The van der Waals surface area contributed by atoms with Crippen molar-refractivity contribution in [3.63, 3.8) is 0 Å². The Morgan fingerprint density at radius 3 is 2.63 bits per heavy atom. The monoisotopic (exact) mass is 708 g/mol. The van der Waals surface area contributed by atoms with Crippen molar-refractivity contribution < 1.29 is 27.8 Å². The first kappa shape index (κ1) is 33.2. The van der Waals surface area contributed by atoms with Crippen LogP contribution in [0.1, 0.15) is 56.2 Å². The minimum Gasteiger partial charge on any atom is -0.508 e. The van der Waals surface area contributed by atoms with Crippen molar-refractivity contribution in [2.75, 3.05) is 50.9 Å². The minimum atomic E-state index is -0.939. The number of anilines is 1. The molecule has 12 heteroatoms. The lowest BCUT2D eigenvalue weighted by molar-refractivity contribution is 0.0807. The Bertz CT molecular complexity index is 2180. The lowest BCUT2D eigenvalue weighted by atomic mass is 9.95. The fourth-order valence-corrected chi connectivity index (χ4v) is 9.08. The summed E-state index contributed by atoms with van der Waals surface area (Å²) in [6, 6.07) is 5.96. The molecule has 2 aromatic carbocycles. The smallest absolute Gasteiger partial charge is 0.319 e. The molecule has 268 valence electrons. The van der Waals surface area contributed by atoms with Crippen LogP contribution in [0, 0.1) is 41.7 Å². The van der Waals surface area contributed by atoms with Crippen LogP contribution in [0.15, 0.2) is 24.3 Å². The Hall–Kier alpha value is -4.62. The van der Waals surface area contributed by atoms with Gasteiger partial charge in [0.2, 0.25) is 0 Å². The number of phenols is 1. The number of terminal acetylenes is 1. The van der Waals surface area contributed by atoms with E-state index in [9.17, 15) is 9.50 Å². The van der Waals surface area contributed by atoms with Gasteiger partial charge in [-0.05, 0) is 74.6 Å². The maximum absolute atomic E-state index is 17.4. The van der Waals surface area contributed by atoms with E-state index in [1.807, 2.05) is 0 Å². The van der Waals surface area contributed by atoms with Crippen molar-refractivity contribution in [1.82, 2.24) is 25.2 Å². The number of halogens is 3. The number of rotatable bonds is 5. The fourth-order valence-electron chi connectivity index (χ4n) is 9.08. The van der Waals surface area contributed by atoms with Gasteiger partial charge in [0.25, 0.3) is 0 Å². The average Bonchev–Trinajstić information content (AvgIpc) is 3.80. The Morgan fingerprint density at radius 1 is 1.04 bits per heavy atom. The molecule has 5 aliphatic rings. The Balaban J connectivity index is 1.27. The Kier molecular flexibility index (Phi) is 8.37. The summed E-state index contributed by atoms with van der Waals surface area (Å²) in [5, 5.41) is 15.5. The van der Waals surface area contributed by atoms with Gasteiger partial charge < -0.3 is 24.8 Å². The van der Waals surface area contributed by atoms with Crippen molar-refractivity contribution >= 4 is 27.5 Å². The summed E-state index contributed by atoms with van der Waals surface area (Å²) >= 11 is 0. The highest BCUT2D eigenvalue weighted by Crippen LogP contribution is 2.43. The zero-order chi connectivity index (χ0) is 35.6. The second-order valence-corrected chi connectivity index (χ2v) is 14.9. The molecule has 9 nitrogen and oxygen atoms in total. The molecule has 0 saturated carbocycles. The topological polar surface area (TPSA) is 95.9 Å². The average molecular weight is 709 g/mol. The zero-order valence-electron chi connectivity index (χ0n) is 28.7. The van der Waals surface area contributed by atoms with Gasteiger partial charge in [0, 0.05) is 68.2 Å². The van der Waals surface area contributed by atoms with E-state index in [4.69, 9.17) is 30.8 Å². The number of hydrogen-bond acceptors (Lipinski definition) is 9. The molecule has 4 aromatic rings. The van der Waals surface area contributed by atoms with Crippen LogP contribution in [-0.4, -0.2) is 94.8 Å². The van der Waals surface area contributed by atoms with Crippen LogP contribution in [0.2, 0.25) is 0 Å². The number of piperazine rings is 1. The second kappa shape index (κ2) is 13.1. The molecule has 9 rings (SSSR count). The van der Waals surface area contributed by atoms with Gasteiger partial charge in [0.1, 0.15) is 47.1 Å². The molecular weight excluding hydrogens is 669 g/mol. The molecule has 0 aliphatic carbocycles. The Morgan fingerprint density at radius 2 is 1.85 bits per heavy atom. The quantitative estimate of drug-likeness (QED) is 0.262. The van der Waals surface area contributed by atoms with Gasteiger partial charge in [0.05, 0.1) is 16.5 Å². The van der Waals surface area contributed by atoms with Crippen LogP contribution < -0.4 is 15.0 Å². The minimum absolute atomic E-state index is 0.0209. The van der Waals surface area contributed by atoms with E-state index in [1.54, 1.807) is 0 Å². The van der Waals surface area contributed by atoms with Crippen LogP contribution in [0.4, 0.5) is 19.0 Å². The van der Waals surface area contributed by atoms with Gasteiger partial charge in [0.15, 0.2) is 5.82 Å². The number of fused-ring (bicyclic) bond motifs is 5. The molecule has 7 heterocycles. The molecular formula is C40H39F3N6O3. The summed E-state index contributed by atoms with van der Waals surface area (Å²) < 4.78 is 59.2. The molecule has 0 radical (unpaired) electrons. The van der Waals surface area contributed by atoms with Crippen LogP contribution in [0.5, 0.6) is 11.8 Å². The highest BCUT2D eigenvalue weighted by molar-refractivity contribution is 6.04. The number of aromatic nitrogens is 3. The second-order valence-electron chi connectivity index (χ2n) is 14.9. The highest BCUT2D eigenvalue weighted by Gasteiger charge is 2.49. The molecule has 0 amide bonds. The first-order chi connectivity index (χ1) is 25.3. The number of alkyl halides is 1. The molecule has 2 unspecified atom stereocenters. The van der Waals surface area contributed by atoms with Gasteiger partial charge in [-0.3, -0.25) is 4.90 Å². The molecule has 4 atom stereocenters. The van der Waals surface area contributed by atoms with Crippen LogP contribution in [-0.2, 0) is 4.74 Å². The summed E-state index contributed by atoms with van der Waals surface area (Å²) in [5.41, 5.74) is -0.408. The molecule has 52 heavy (non-hydrogen) atoms. The predicted octanol–water partition coefficient (Wildman–Crippen LogP) is 5.48. The molecule has 5 fully saturated rings. The van der Waals surface area contributed by atoms with E-state index in [1.165, 1.54) is 24.3 Å². The first-order valence-electron chi connectivity index (χ1n) is 18.2. The van der Waals surface area contributed by atoms with Crippen molar-refractivity contribution in [3.8, 4) is 47.2 Å². The van der Waals surface area contributed by atoms with Gasteiger partial charge in [-0.1, -0.05) is 17.9 Å². The fraction of sp³-hybridized carbons (Fsp3) is 0.475. The van der Waals surface area contributed by atoms with Gasteiger partial charge >= 0.3 is 6.01 Å². The number of phenolic OH excluding ortho intramolecular Hbond substituents is 1. The molecule has 5 saturated heterocycles. The maximum Gasteiger partial charge on any atom is 0.319 e. The molecule has 5 aliphatic heterocycles. The number of nitrogens with zero attached hydrogens (tertiary/aromatic N) is 5. The van der Waals surface area contributed by atoms with E-state index in [-0.39, 0.29) is 69.8 Å². The number of aromatic hydroxyl groups is 1. The molecule has 2 aromatic heterocycles. The van der Waals surface area contributed by atoms with Crippen molar-refractivity contribution in [3.05, 3.63) is 47.2 Å². The summed E-state index contributed by atoms with van der Waals surface area (Å²) in [7, 11) is 0. The third-order valence-electron chi connectivity index (χ3n) is 11.6. The number of nitrogens with one attached hydrogen (secondary N) is 1. The predicted molar refractivity (Wildman–Crippen MR) is 191 cm³/mol. The normalized spacial score (nSPS) is 26.0. The van der Waals surface area contributed by atoms with Gasteiger partial charge in [-0.15, -0.1) is 6.42 Å². The maximum atomic E-state index is 17.4. The third kappa shape index (κ3) is 5.78. The highest BCUT2D eigenvalue weighted by atomic mass is 19.1. The summed E-state index contributed by atoms with van der Waals surface area (Å²) in [6.45, 7) is 3.81. The molecule has 2 N–H and O–H groups in total. The lowest BCUT2D eigenvalue weighted by Gasteiger charge is -2.35. The van der Waals surface area contributed by atoms with Gasteiger partial charge in [-0.25, -0.2) is 18.2 Å². The number of hydrogen-bond donors (Lipinski definition) is 2. The van der Waals surface area contributed by atoms with Crippen molar-refractivity contribution in [2.24, 2.45) is 5.92 Å². The van der Waals surface area contributed by atoms with E-state index in [2.05, 4.69) is 32.9 Å². The first-order valence-corrected chi connectivity index (χ1v) is 18.2. The zero-order valence-corrected chi connectivity index (χ0v) is 28.7. The summed E-state index contributed by atoms with van der Waals surface area (Å²) in [6.07, 6.45) is 10.5. The number of benzene rings is 2. The molecule has 2 bridgehead atoms. The van der Waals surface area contributed by atoms with E-state index >= 15 is 8.78 Å². The van der Waals surface area contributed by atoms with Crippen molar-refractivity contribution in [1.29, 1.82) is 0 Å². The number of pyridine rings is 1. The van der Waals surface area contributed by atoms with E-state index in [0.29, 0.717) is 55.9 Å². The van der Waals surface area contributed by atoms with Crippen molar-refractivity contribution in [2.45, 2.75) is 68.7 Å². The van der Waals surface area contributed by atoms with E-state index in [0.717, 1.165) is 45.1 Å². The summed E-state index contributed by atoms with van der Waals surface area (Å²) in [5.74, 6) is 7.94. The van der Waals surface area contributed by atoms with Crippen LogP contribution in [0.3, 0.4) is 0 Å². The number of ether oxygens (including phenoxy) is 2. The Labute approximate surface area is 299 Å². The largest absolute Gasteiger partial charge is 0.508 e.